The summed E-state index contributed by atoms with van der Waals surface area (Å²) in [5.41, 5.74) is 9.16. The maximum Gasteiger partial charge on any atom is 0.251 e. The summed E-state index contributed by atoms with van der Waals surface area (Å²) in [6.07, 6.45) is -0.887. The summed E-state index contributed by atoms with van der Waals surface area (Å²) in [6, 6.07) is 18.7. The highest BCUT2D eigenvalue weighted by Crippen LogP contribution is 2.29. The Kier molecular flexibility index (Phi) is 9.64. The van der Waals surface area contributed by atoms with Crippen LogP contribution in [0.1, 0.15) is 35.3 Å². The van der Waals surface area contributed by atoms with Gasteiger partial charge < -0.3 is 21.5 Å². The molecule has 11 heteroatoms. The summed E-state index contributed by atoms with van der Waals surface area (Å²) in [5, 5.41) is 18.2. The third-order valence-electron chi connectivity index (χ3n) is 6.87. The first kappa shape index (κ1) is 30.4. The fourth-order valence-electron chi connectivity index (χ4n) is 4.63. The van der Waals surface area contributed by atoms with Crippen LogP contribution < -0.4 is 16.4 Å². The number of hydrogen-bond acceptors (Lipinski definition) is 8. The molecule has 0 aliphatic heterocycles. The Balaban J connectivity index is 1.64. The zero-order chi connectivity index (χ0) is 29.7. The number of nitrogens with one attached hydrogen (secondary N) is 2. The molecule has 1 heterocycles. The molecular formula is C30H37N5O4S2. The minimum Gasteiger partial charge on any atom is -0.398 e. The van der Waals surface area contributed by atoms with E-state index in [9.17, 15) is 18.3 Å². The lowest BCUT2D eigenvalue weighted by Crippen LogP contribution is -2.51. The number of nitrogens with two attached hydrogens (primary N) is 1. The quantitative estimate of drug-likeness (QED) is 0.179. The van der Waals surface area contributed by atoms with E-state index in [2.05, 4.69) is 15.6 Å². The van der Waals surface area contributed by atoms with E-state index in [1.54, 1.807) is 50.4 Å². The van der Waals surface area contributed by atoms with Crippen LogP contribution >= 0.6 is 11.3 Å². The van der Waals surface area contributed by atoms with Crippen LogP contribution in [0.3, 0.4) is 0 Å². The molecule has 0 aliphatic carbocycles. The van der Waals surface area contributed by atoms with Crippen molar-refractivity contribution in [3.63, 3.8) is 0 Å². The van der Waals surface area contributed by atoms with Crippen molar-refractivity contribution in [3.8, 4) is 0 Å². The summed E-state index contributed by atoms with van der Waals surface area (Å²) in [4.78, 5) is 17.9. The van der Waals surface area contributed by atoms with E-state index in [1.165, 1.54) is 15.6 Å². The molecule has 0 saturated carbocycles. The molecule has 0 radical (unpaired) electrons. The topological polar surface area (TPSA) is 138 Å². The molecule has 0 spiro atoms. The SMILES string of the molecule is CNc1nc2ccc(S(=O)(=O)N(CC(C)C)C[C@@H](O)[C@H](Cc3ccccc3)NC(=O)c3cccc(N)c3C)cc2s1. The Morgan fingerprint density at radius 3 is 2.49 bits per heavy atom. The van der Waals surface area contributed by atoms with Crippen molar-refractivity contribution in [2.45, 2.75) is 44.2 Å². The van der Waals surface area contributed by atoms with Crippen LogP contribution in [0.5, 0.6) is 0 Å². The van der Waals surface area contributed by atoms with Gasteiger partial charge in [0, 0.05) is 31.4 Å². The Morgan fingerprint density at radius 2 is 1.80 bits per heavy atom. The molecule has 4 aromatic rings. The molecule has 41 heavy (non-hydrogen) atoms. The van der Waals surface area contributed by atoms with Gasteiger partial charge in [0.25, 0.3) is 5.91 Å². The van der Waals surface area contributed by atoms with Gasteiger partial charge in [0.05, 0.1) is 27.3 Å². The van der Waals surface area contributed by atoms with E-state index >= 15 is 0 Å². The van der Waals surface area contributed by atoms with Crippen LogP contribution in [0.15, 0.2) is 71.6 Å². The largest absolute Gasteiger partial charge is 0.398 e. The summed E-state index contributed by atoms with van der Waals surface area (Å²) in [7, 11) is -2.21. The minimum absolute atomic E-state index is 0.00267. The monoisotopic (exact) mass is 595 g/mol. The van der Waals surface area contributed by atoms with Gasteiger partial charge in [-0.1, -0.05) is 61.6 Å². The maximum atomic E-state index is 13.9. The number of rotatable bonds is 12. The molecule has 0 aliphatic rings. The number of aliphatic hydroxyl groups excluding tert-OH is 1. The van der Waals surface area contributed by atoms with Crippen molar-refractivity contribution >= 4 is 48.3 Å². The van der Waals surface area contributed by atoms with Crippen molar-refractivity contribution < 1.29 is 18.3 Å². The normalized spacial score (nSPS) is 13.4. The zero-order valence-electron chi connectivity index (χ0n) is 23.7. The summed E-state index contributed by atoms with van der Waals surface area (Å²) < 4.78 is 29.9. The molecule has 1 amide bonds. The number of hydrogen-bond donors (Lipinski definition) is 4. The van der Waals surface area contributed by atoms with E-state index in [0.717, 1.165) is 10.3 Å². The second-order valence-electron chi connectivity index (χ2n) is 10.5. The molecule has 2 atom stereocenters. The Morgan fingerprint density at radius 1 is 1.07 bits per heavy atom. The van der Waals surface area contributed by atoms with Gasteiger partial charge in [-0.15, -0.1) is 0 Å². The van der Waals surface area contributed by atoms with E-state index in [4.69, 9.17) is 5.73 Å². The van der Waals surface area contributed by atoms with Crippen LogP contribution in [0, 0.1) is 12.8 Å². The molecular weight excluding hydrogens is 558 g/mol. The van der Waals surface area contributed by atoms with E-state index in [1.807, 2.05) is 44.2 Å². The predicted octanol–water partition coefficient (Wildman–Crippen LogP) is 4.28. The van der Waals surface area contributed by atoms with Crippen molar-refractivity contribution in [2.24, 2.45) is 5.92 Å². The van der Waals surface area contributed by atoms with Gasteiger partial charge in [-0.25, -0.2) is 13.4 Å². The Bertz CT molecular complexity index is 1610. The fourth-order valence-corrected chi connectivity index (χ4v) is 7.21. The van der Waals surface area contributed by atoms with Crippen LogP contribution in [-0.4, -0.2) is 61.0 Å². The lowest BCUT2D eigenvalue weighted by atomic mass is 9.99. The molecule has 0 unspecified atom stereocenters. The molecule has 0 fully saturated rings. The highest BCUT2D eigenvalue weighted by Gasteiger charge is 2.32. The number of anilines is 2. The molecule has 0 saturated heterocycles. The molecule has 5 N–H and O–H groups in total. The van der Waals surface area contributed by atoms with Gasteiger partial charge in [0.1, 0.15) is 0 Å². The minimum atomic E-state index is -3.98. The van der Waals surface area contributed by atoms with Gasteiger partial charge in [-0.2, -0.15) is 4.31 Å². The maximum absolute atomic E-state index is 13.9. The Hall–Kier alpha value is -3.51. The first-order valence-corrected chi connectivity index (χ1v) is 15.7. The number of fused-ring (bicyclic) bond motifs is 1. The van der Waals surface area contributed by atoms with E-state index in [-0.39, 0.29) is 29.8 Å². The number of carbonyl (C=O) groups excluding carboxylic acids is 1. The summed E-state index contributed by atoms with van der Waals surface area (Å²) in [6.45, 7) is 5.61. The second-order valence-corrected chi connectivity index (χ2v) is 13.4. The lowest BCUT2D eigenvalue weighted by molar-refractivity contribution is 0.0775. The molecule has 218 valence electrons. The van der Waals surface area contributed by atoms with Gasteiger partial charge in [-0.3, -0.25) is 4.79 Å². The van der Waals surface area contributed by atoms with Crippen molar-refractivity contribution in [2.75, 3.05) is 31.2 Å². The molecule has 4 rings (SSSR count). The summed E-state index contributed by atoms with van der Waals surface area (Å²) >= 11 is 1.37. The standard InChI is InChI=1S/C30H37N5O4S2/c1-19(2)17-35(41(38,39)22-13-14-25-28(16-22)40-30(32-4)34-25)18-27(36)26(15-21-9-6-5-7-10-21)33-29(37)23-11-8-12-24(31)20(23)3/h5-14,16,19,26-27,36H,15,17-18,31H2,1-4H3,(H,32,34)(H,33,37)/t26-,27+/m0/s1. The molecule has 1 aromatic heterocycles. The second kappa shape index (κ2) is 13.0. The molecule has 9 nitrogen and oxygen atoms in total. The van der Waals surface area contributed by atoms with Gasteiger partial charge in [0.15, 0.2) is 5.13 Å². The number of nitrogens with zero attached hydrogens (tertiary/aromatic N) is 2. The number of benzene rings is 3. The number of thiazole rings is 1. The van der Waals surface area contributed by atoms with Crippen LogP contribution in [0.2, 0.25) is 0 Å². The van der Waals surface area contributed by atoms with Crippen molar-refractivity contribution in [1.82, 2.24) is 14.6 Å². The van der Waals surface area contributed by atoms with Crippen LogP contribution in [-0.2, 0) is 16.4 Å². The molecule has 0 bridgehead atoms. The Labute approximate surface area is 245 Å². The van der Waals surface area contributed by atoms with Crippen molar-refractivity contribution in [3.05, 3.63) is 83.4 Å². The van der Waals surface area contributed by atoms with Gasteiger partial charge in [0.2, 0.25) is 10.0 Å². The third kappa shape index (κ3) is 7.23. The fraction of sp³-hybridized carbons (Fsp3) is 0.333. The number of sulfonamides is 1. The van der Waals surface area contributed by atoms with Crippen molar-refractivity contribution in [1.29, 1.82) is 0 Å². The van der Waals surface area contributed by atoms with E-state index < -0.39 is 22.2 Å². The van der Waals surface area contributed by atoms with Gasteiger partial charge >= 0.3 is 0 Å². The number of aromatic nitrogens is 1. The van der Waals surface area contributed by atoms with Gasteiger partial charge in [-0.05, 0) is 60.7 Å². The van der Waals surface area contributed by atoms with Crippen LogP contribution in [0.25, 0.3) is 10.2 Å². The predicted molar refractivity (Wildman–Crippen MR) is 166 cm³/mol. The smallest absolute Gasteiger partial charge is 0.251 e. The number of nitrogen functional groups attached to an aromatic ring is 1. The average molecular weight is 596 g/mol. The lowest BCUT2D eigenvalue weighted by Gasteiger charge is -2.31. The number of amides is 1. The van der Waals surface area contributed by atoms with E-state index in [0.29, 0.717) is 33.9 Å². The third-order valence-corrected chi connectivity index (χ3v) is 9.73. The first-order chi connectivity index (χ1) is 19.5. The number of carbonyl (C=O) groups is 1. The first-order valence-electron chi connectivity index (χ1n) is 13.5. The molecule has 3 aromatic carbocycles. The highest BCUT2D eigenvalue weighted by molar-refractivity contribution is 7.89. The highest BCUT2D eigenvalue weighted by atomic mass is 32.2. The average Bonchev–Trinajstić information content (AvgIpc) is 3.37. The summed E-state index contributed by atoms with van der Waals surface area (Å²) in [5.74, 6) is -0.388. The van der Waals surface area contributed by atoms with Crippen LogP contribution in [0.4, 0.5) is 10.8 Å². The zero-order valence-corrected chi connectivity index (χ0v) is 25.3. The number of aliphatic hydroxyl groups is 1.